The van der Waals surface area contributed by atoms with Gasteiger partial charge in [-0.25, -0.2) is 9.67 Å². The summed E-state index contributed by atoms with van der Waals surface area (Å²) in [5.74, 6) is -0.932. The van der Waals surface area contributed by atoms with Crippen molar-refractivity contribution in [1.82, 2.24) is 24.5 Å². The number of amides is 2. The van der Waals surface area contributed by atoms with Crippen LogP contribution < -0.4 is 10.6 Å². The number of nitrogens with zero attached hydrogens (tertiary/aromatic N) is 5. The summed E-state index contributed by atoms with van der Waals surface area (Å²) in [5, 5.41) is 13.3. The number of rotatable bonds is 5. The largest absolute Gasteiger partial charge is 0.417 e. The van der Waals surface area contributed by atoms with Crippen LogP contribution in [0, 0.1) is 13.8 Å². The van der Waals surface area contributed by atoms with Crippen LogP contribution in [0.5, 0.6) is 0 Å². The van der Waals surface area contributed by atoms with Crippen molar-refractivity contribution in [3.05, 3.63) is 65.2 Å². The van der Waals surface area contributed by atoms with Crippen LogP contribution >= 0.6 is 0 Å². The van der Waals surface area contributed by atoms with E-state index in [-0.39, 0.29) is 34.7 Å². The maximum atomic E-state index is 13.5. The van der Waals surface area contributed by atoms with Gasteiger partial charge in [0.15, 0.2) is 11.3 Å². The van der Waals surface area contributed by atoms with Gasteiger partial charge in [0.25, 0.3) is 5.91 Å². The van der Waals surface area contributed by atoms with E-state index in [4.69, 9.17) is 0 Å². The number of halogens is 3. The average molecular weight is 471 g/mol. The van der Waals surface area contributed by atoms with Gasteiger partial charge in [-0.05, 0) is 44.2 Å². The highest BCUT2D eigenvalue weighted by molar-refractivity contribution is 6.03. The van der Waals surface area contributed by atoms with Crippen LogP contribution in [0.25, 0.3) is 11.0 Å². The molecule has 0 atom stereocenters. The number of nitrogens with one attached hydrogen (secondary N) is 2. The van der Waals surface area contributed by atoms with E-state index in [0.29, 0.717) is 11.4 Å². The highest BCUT2D eigenvalue weighted by Crippen LogP contribution is 2.36. The molecular weight excluding hydrogens is 451 g/mol. The van der Waals surface area contributed by atoms with Crippen molar-refractivity contribution in [3.63, 3.8) is 0 Å². The third-order valence-electron chi connectivity index (χ3n) is 4.95. The van der Waals surface area contributed by atoms with Crippen molar-refractivity contribution in [1.29, 1.82) is 0 Å². The minimum atomic E-state index is -4.58. The fourth-order valence-corrected chi connectivity index (χ4v) is 3.55. The Hall–Kier alpha value is -4.22. The Labute approximate surface area is 191 Å². The summed E-state index contributed by atoms with van der Waals surface area (Å²) in [6, 6.07) is 8.98. The molecule has 0 spiro atoms. The van der Waals surface area contributed by atoms with Gasteiger partial charge in [-0.15, -0.1) is 0 Å². The van der Waals surface area contributed by atoms with E-state index in [2.05, 4.69) is 25.8 Å². The third kappa shape index (κ3) is 4.75. The van der Waals surface area contributed by atoms with Crippen molar-refractivity contribution in [2.75, 3.05) is 10.6 Å². The Balaban J connectivity index is 1.52. The Morgan fingerprint density at radius 2 is 1.74 bits per heavy atom. The molecule has 9 nitrogen and oxygen atoms in total. The lowest BCUT2D eigenvalue weighted by atomic mass is 10.1. The molecule has 4 rings (SSSR count). The number of carbonyl (C=O) groups excluding carboxylic acids is 2. The summed E-state index contributed by atoms with van der Waals surface area (Å²) in [7, 11) is 1.69. The van der Waals surface area contributed by atoms with Crippen molar-refractivity contribution in [2.24, 2.45) is 7.05 Å². The first kappa shape index (κ1) is 23.0. The van der Waals surface area contributed by atoms with Crippen LogP contribution in [0.15, 0.2) is 42.6 Å². The van der Waals surface area contributed by atoms with E-state index in [1.165, 1.54) is 18.5 Å². The molecule has 176 valence electrons. The molecule has 34 heavy (non-hydrogen) atoms. The van der Waals surface area contributed by atoms with Gasteiger partial charge in [0, 0.05) is 30.3 Å². The van der Waals surface area contributed by atoms with E-state index in [0.717, 1.165) is 10.7 Å². The third-order valence-corrected chi connectivity index (χ3v) is 4.95. The number of aromatic nitrogens is 5. The normalized spacial score (nSPS) is 11.6. The van der Waals surface area contributed by atoms with Crippen LogP contribution in [-0.2, 0) is 24.6 Å². The second-order valence-corrected chi connectivity index (χ2v) is 7.71. The van der Waals surface area contributed by atoms with E-state index in [1.807, 2.05) is 0 Å². The first-order valence-corrected chi connectivity index (χ1v) is 10.1. The topological polar surface area (TPSA) is 107 Å². The first-order valence-electron chi connectivity index (χ1n) is 10.1. The fraction of sp³-hybridized carbons (Fsp3) is 0.227. The zero-order valence-corrected chi connectivity index (χ0v) is 18.4. The van der Waals surface area contributed by atoms with Crippen LogP contribution in [0.3, 0.4) is 0 Å². The SMILES string of the molecule is Cc1cc(C(F)(F)F)c2c(C)nn(CC(=O)Nc3cccc(NC(=O)c4ccn(C)n4)c3)c2n1. The Morgan fingerprint density at radius 3 is 2.38 bits per heavy atom. The molecular formula is C22H20F3N7O2. The molecule has 3 aromatic heterocycles. The minimum absolute atomic E-state index is 0.0173. The van der Waals surface area contributed by atoms with Crippen molar-refractivity contribution >= 4 is 34.2 Å². The molecule has 0 radical (unpaired) electrons. The van der Waals surface area contributed by atoms with Crippen molar-refractivity contribution in [2.45, 2.75) is 26.6 Å². The first-order chi connectivity index (χ1) is 16.0. The van der Waals surface area contributed by atoms with E-state index in [9.17, 15) is 22.8 Å². The molecule has 0 aliphatic heterocycles. The van der Waals surface area contributed by atoms with Crippen LogP contribution in [0.4, 0.5) is 24.5 Å². The van der Waals surface area contributed by atoms with Gasteiger partial charge in [-0.2, -0.15) is 23.4 Å². The molecule has 4 aromatic rings. The predicted octanol–water partition coefficient (Wildman–Crippen LogP) is 3.69. The maximum Gasteiger partial charge on any atom is 0.417 e. The molecule has 0 saturated carbocycles. The van der Waals surface area contributed by atoms with Gasteiger partial charge in [-0.1, -0.05) is 6.07 Å². The molecule has 12 heteroatoms. The smallest absolute Gasteiger partial charge is 0.324 e. The zero-order valence-electron chi connectivity index (χ0n) is 18.4. The highest BCUT2D eigenvalue weighted by Gasteiger charge is 2.35. The van der Waals surface area contributed by atoms with Gasteiger partial charge in [0.1, 0.15) is 6.54 Å². The lowest BCUT2D eigenvalue weighted by molar-refractivity contribution is -0.136. The number of hydrogen-bond acceptors (Lipinski definition) is 5. The van der Waals surface area contributed by atoms with Gasteiger partial charge < -0.3 is 10.6 Å². The second-order valence-electron chi connectivity index (χ2n) is 7.71. The monoisotopic (exact) mass is 471 g/mol. The lowest BCUT2D eigenvalue weighted by Gasteiger charge is -2.10. The molecule has 0 saturated heterocycles. The van der Waals surface area contributed by atoms with Crippen LogP contribution in [0.2, 0.25) is 0 Å². The summed E-state index contributed by atoms with van der Waals surface area (Å²) in [4.78, 5) is 29.1. The quantitative estimate of drug-likeness (QED) is 0.462. The van der Waals surface area contributed by atoms with E-state index < -0.39 is 23.6 Å². The number of fused-ring (bicyclic) bond motifs is 1. The highest BCUT2D eigenvalue weighted by atomic mass is 19.4. The van der Waals surface area contributed by atoms with E-state index in [1.54, 1.807) is 43.6 Å². The molecule has 0 fully saturated rings. The number of aryl methyl sites for hydroxylation is 3. The second kappa shape index (κ2) is 8.61. The van der Waals surface area contributed by atoms with Crippen LogP contribution in [0.1, 0.15) is 27.4 Å². The van der Waals surface area contributed by atoms with Crippen LogP contribution in [-0.4, -0.2) is 36.4 Å². The summed E-state index contributed by atoms with van der Waals surface area (Å²) in [6.45, 7) is 2.55. The lowest BCUT2D eigenvalue weighted by Crippen LogP contribution is -2.20. The molecule has 1 aromatic carbocycles. The molecule has 0 aliphatic carbocycles. The predicted molar refractivity (Wildman–Crippen MR) is 118 cm³/mol. The number of carbonyl (C=O) groups is 2. The molecule has 2 amide bonds. The molecule has 0 bridgehead atoms. The summed E-state index contributed by atoms with van der Waals surface area (Å²) in [6.07, 6.45) is -2.94. The molecule has 3 heterocycles. The number of hydrogen-bond donors (Lipinski definition) is 2. The standard InChI is InChI=1S/C22H20F3N7O2/c1-12-9-16(22(23,24)25)19-13(2)29-32(20(19)26-12)11-18(33)27-14-5-4-6-15(10-14)28-21(34)17-7-8-31(3)30-17/h4-10H,11H2,1-3H3,(H,27,33)(H,28,34). The molecule has 0 aliphatic rings. The number of benzene rings is 1. The molecule has 0 unspecified atom stereocenters. The summed E-state index contributed by atoms with van der Waals surface area (Å²) < 4.78 is 43.1. The van der Waals surface area contributed by atoms with Gasteiger partial charge >= 0.3 is 6.18 Å². The average Bonchev–Trinajstić information content (AvgIpc) is 3.30. The number of pyridine rings is 1. The maximum absolute atomic E-state index is 13.5. The van der Waals surface area contributed by atoms with Gasteiger partial charge in [0.05, 0.1) is 16.6 Å². The minimum Gasteiger partial charge on any atom is -0.324 e. The number of anilines is 2. The Kier molecular flexibility index (Phi) is 5.82. The van der Waals surface area contributed by atoms with Crippen molar-refractivity contribution < 1.29 is 22.8 Å². The van der Waals surface area contributed by atoms with Gasteiger partial charge in [0.2, 0.25) is 5.91 Å². The van der Waals surface area contributed by atoms with Gasteiger partial charge in [-0.3, -0.25) is 14.3 Å². The summed E-state index contributed by atoms with van der Waals surface area (Å²) >= 11 is 0. The Bertz CT molecular complexity index is 1410. The number of alkyl halides is 3. The fourth-order valence-electron chi connectivity index (χ4n) is 3.55. The van der Waals surface area contributed by atoms with E-state index >= 15 is 0 Å². The Morgan fingerprint density at radius 1 is 1.03 bits per heavy atom. The van der Waals surface area contributed by atoms with Crippen molar-refractivity contribution in [3.8, 4) is 0 Å². The molecule has 2 N–H and O–H groups in total. The summed E-state index contributed by atoms with van der Waals surface area (Å²) in [5.41, 5.74) is 0.489. The zero-order chi connectivity index (χ0) is 24.6.